The molecule has 0 atom stereocenters. The molecule has 2 aromatic rings. The van der Waals surface area contributed by atoms with E-state index in [9.17, 15) is 13.6 Å². The molecule has 26 heavy (non-hydrogen) atoms. The summed E-state index contributed by atoms with van der Waals surface area (Å²) in [5.41, 5.74) is 0.371. The molecule has 0 aromatic carbocycles. The Bertz CT molecular complexity index is 817. The average molecular weight is 368 g/mol. The normalized spacial score (nSPS) is 20.7. The van der Waals surface area contributed by atoms with Crippen molar-refractivity contribution in [3.63, 3.8) is 0 Å². The molecule has 2 heterocycles. The first kappa shape index (κ1) is 18.5. The lowest BCUT2D eigenvalue weighted by Crippen LogP contribution is -2.27. The van der Waals surface area contributed by atoms with Gasteiger partial charge in [-0.2, -0.15) is 5.10 Å². The van der Waals surface area contributed by atoms with Crippen molar-refractivity contribution < 1.29 is 18.7 Å². The molecular formula is C17H22F2N4O3. The second kappa shape index (κ2) is 7.51. The molecule has 0 amide bonds. The number of nitrogens with zero attached hydrogens (tertiary/aromatic N) is 3. The molecule has 0 radical (unpaired) electrons. The maximum atomic E-state index is 13.4. The van der Waals surface area contributed by atoms with Crippen LogP contribution in [0, 0.1) is 0 Å². The molecular weight excluding hydrogens is 346 g/mol. The van der Waals surface area contributed by atoms with Crippen molar-refractivity contribution in [3.05, 3.63) is 22.4 Å². The second-order valence-corrected chi connectivity index (χ2v) is 6.95. The van der Waals surface area contributed by atoms with Gasteiger partial charge in [0, 0.05) is 18.8 Å². The van der Waals surface area contributed by atoms with Gasteiger partial charge in [0.25, 0.3) is 12.0 Å². The van der Waals surface area contributed by atoms with E-state index in [1.165, 1.54) is 6.20 Å². The summed E-state index contributed by atoms with van der Waals surface area (Å²) >= 11 is 0. The van der Waals surface area contributed by atoms with Crippen molar-refractivity contribution in [2.24, 2.45) is 0 Å². The van der Waals surface area contributed by atoms with Gasteiger partial charge in [-0.3, -0.25) is 9.59 Å². The molecule has 4 rings (SSSR count). The van der Waals surface area contributed by atoms with Gasteiger partial charge < -0.3 is 10.1 Å². The number of carbonyl (C=O) groups is 1. The largest absolute Gasteiger partial charge is 0.483 e. The van der Waals surface area contributed by atoms with E-state index < -0.39 is 5.92 Å². The van der Waals surface area contributed by atoms with Crippen LogP contribution in [0.4, 0.5) is 8.78 Å². The molecule has 0 aliphatic heterocycles. The zero-order chi connectivity index (χ0) is 18.7. The van der Waals surface area contributed by atoms with Crippen LogP contribution in [0.3, 0.4) is 0 Å². The van der Waals surface area contributed by atoms with Crippen molar-refractivity contribution in [1.29, 1.82) is 0 Å². The second-order valence-electron chi connectivity index (χ2n) is 6.95. The zero-order valence-electron chi connectivity index (χ0n) is 14.3. The van der Waals surface area contributed by atoms with Crippen LogP contribution < -0.4 is 5.56 Å². The number of halogens is 2. The van der Waals surface area contributed by atoms with Gasteiger partial charge in [0.05, 0.1) is 12.2 Å². The van der Waals surface area contributed by atoms with Crippen molar-refractivity contribution >= 4 is 17.5 Å². The van der Waals surface area contributed by atoms with E-state index >= 15 is 0 Å². The minimum atomic E-state index is -2.57. The minimum Gasteiger partial charge on any atom is -0.483 e. The molecule has 9 heteroatoms. The van der Waals surface area contributed by atoms with E-state index in [2.05, 4.69) is 15.1 Å². The maximum absolute atomic E-state index is 13.4. The van der Waals surface area contributed by atoms with Crippen LogP contribution in [0.1, 0.15) is 69.2 Å². The van der Waals surface area contributed by atoms with Crippen LogP contribution in [-0.2, 0) is 4.79 Å². The number of nitrogens with one attached hydrogen (secondary N) is 1. The molecule has 2 aromatic heterocycles. The molecule has 0 spiro atoms. The maximum Gasteiger partial charge on any atom is 0.290 e. The van der Waals surface area contributed by atoms with E-state index in [1.807, 2.05) is 0 Å². The van der Waals surface area contributed by atoms with Gasteiger partial charge >= 0.3 is 0 Å². The van der Waals surface area contributed by atoms with Crippen molar-refractivity contribution in [2.75, 3.05) is 0 Å². The number of hydrogen-bond acceptors (Lipinski definition) is 4. The van der Waals surface area contributed by atoms with Crippen LogP contribution in [0.15, 0.2) is 11.0 Å². The summed E-state index contributed by atoms with van der Waals surface area (Å²) in [6.45, 7) is -0.250. The summed E-state index contributed by atoms with van der Waals surface area (Å²) in [4.78, 5) is 28.2. The summed E-state index contributed by atoms with van der Waals surface area (Å²) in [6, 6.07) is -0.0992. The molecule has 2 aliphatic carbocycles. The summed E-state index contributed by atoms with van der Waals surface area (Å²) in [7, 11) is 0. The predicted molar refractivity (Wildman–Crippen MR) is 90.5 cm³/mol. The van der Waals surface area contributed by atoms with Crippen molar-refractivity contribution in [2.45, 2.75) is 69.2 Å². The molecule has 142 valence electrons. The Kier molecular flexibility index (Phi) is 5.33. The topological polar surface area (TPSA) is 101 Å². The Labute approximate surface area is 148 Å². The number of aromatic amines is 1. The highest BCUT2D eigenvalue weighted by Crippen LogP contribution is 2.39. The lowest BCUT2D eigenvalue weighted by Gasteiger charge is -2.28. The Balaban J connectivity index is 0.000000613. The fourth-order valence-electron chi connectivity index (χ4n) is 3.88. The van der Waals surface area contributed by atoms with Gasteiger partial charge in [-0.25, -0.2) is 18.4 Å². The van der Waals surface area contributed by atoms with Gasteiger partial charge in [-0.15, -0.1) is 0 Å². The van der Waals surface area contributed by atoms with Crippen LogP contribution in [0.25, 0.3) is 11.0 Å². The zero-order valence-corrected chi connectivity index (χ0v) is 14.3. The number of H-pyrrole nitrogens is 1. The standard InChI is InChI=1S/C16H20F2N4O.CH2O2/c17-16(18)7-5-11(6-8-16)22-14-12(9-19-22)15(23)21-13(20-14)10-3-1-2-4-10;2-1-3/h9-11H,1-8H2,(H,20,21,23);1H,(H,2,3). The van der Waals surface area contributed by atoms with E-state index in [0.29, 0.717) is 29.8 Å². The quantitative estimate of drug-likeness (QED) is 0.793. The van der Waals surface area contributed by atoms with E-state index in [1.54, 1.807) is 4.68 Å². The number of aromatic nitrogens is 4. The summed E-state index contributed by atoms with van der Waals surface area (Å²) < 4.78 is 28.4. The number of rotatable bonds is 2. The number of alkyl halides is 2. The monoisotopic (exact) mass is 368 g/mol. The molecule has 2 fully saturated rings. The Morgan fingerprint density at radius 2 is 1.85 bits per heavy atom. The van der Waals surface area contributed by atoms with Crippen molar-refractivity contribution in [1.82, 2.24) is 19.7 Å². The summed E-state index contributed by atoms with van der Waals surface area (Å²) in [6.07, 6.45) is 6.39. The SMILES string of the molecule is O=CO.O=c1[nH]c(C2CCCC2)nc2c1cnn2C1CCC(F)(F)CC1. The lowest BCUT2D eigenvalue weighted by molar-refractivity contribution is -0.122. The number of fused-ring (bicyclic) bond motifs is 1. The van der Waals surface area contributed by atoms with Crippen LogP contribution in [-0.4, -0.2) is 37.2 Å². The summed E-state index contributed by atoms with van der Waals surface area (Å²) in [5, 5.41) is 11.6. The van der Waals surface area contributed by atoms with Crippen molar-refractivity contribution in [3.8, 4) is 0 Å². The van der Waals surface area contributed by atoms with Gasteiger partial charge in [0.2, 0.25) is 5.92 Å². The molecule has 0 unspecified atom stereocenters. The highest BCUT2D eigenvalue weighted by Gasteiger charge is 2.36. The van der Waals surface area contributed by atoms with Gasteiger partial charge in [-0.05, 0) is 25.7 Å². The van der Waals surface area contributed by atoms with Gasteiger partial charge in [0.15, 0.2) is 5.65 Å². The highest BCUT2D eigenvalue weighted by molar-refractivity contribution is 5.73. The van der Waals surface area contributed by atoms with Crippen LogP contribution >= 0.6 is 0 Å². The Hall–Kier alpha value is -2.32. The molecule has 2 saturated carbocycles. The first-order valence-electron chi connectivity index (χ1n) is 8.88. The Morgan fingerprint density at radius 3 is 2.46 bits per heavy atom. The molecule has 0 saturated heterocycles. The van der Waals surface area contributed by atoms with E-state index in [4.69, 9.17) is 9.90 Å². The number of hydrogen-bond donors (Lipinski definition) is 2. The van der Waals surface area contributed by atoms with E-state index in [0.717, 1.165) is 31.5 Å². The average Bonchev–Trinajstić information content (AvgIpc) is 3.25. The third-order valence-electron chi connectivity index (χ3n) is 5.26. The van der Waals surface area contributed by atoms with Gasteiger partial charge in [-0.1, -0.05) is 12.8 Å². The predicted octanol–water partition coefficient (Wildman–Crippen LogP) is 3.23. The summed E-state index contributed by atoms with van der Waals surface area (Å²) in [5.74, 6) is -1.55. The fourth-order valence-corrected chi connectivity index (χ4v) is 3.88. The molecule has 0 bridgehead atoms. The Morgan fingerprint density at radius 1 is 1.23 bits per heavy atom. The van der Waals surface area contributed by atoms with Crippen LogP contribution in [0.5, 0.6) is 0 Å². The van der Waals surface area contributed by atoms with Gasteiger partial charge in [0.1, 0.15) is 11.2 Å². The minimum absolute atomic E-state index is 0.0992. The van der Waals surface area contributed by atoms with Crippen LogP contribution in [0.2, 0.25) is 0 Å². The lowest BCUT2D eigenvalue weighted by atomic mass is 9.92. The molecule has 7 nitrogen and oxygen atoms in total. The highest BCUT2D eigenvalue weighted by atomic mass is 19.3. The third kappa shape index (κ3) is 3.76. The van der Waals surface area contributed by atoms with E-state index in [-0.39, 0.29) is 30.9 Å². The molecule has 2 aliphatic rings. The first-order valence-corrected chi connectivity index (χ1v) is 8.88. The molecule has 2 N–H and O–H groups in total. The fraction of sp³-hybridized carbons (Fsp3) is 0.647. The third-order valence-corrected chi connectivity index (χ3v) is 5.26. The number of carboxylic acid groups (broad SMARTS) is 1. The smallest absolute Gasteiger partial charge is 0.290 e. The first-order chi connectivity index (χ1) is 12.4.